The van der Waals surface area contributed by atoms with E-state index < -0.39 is 0 Å². The number of carbonyl (C=O) groups is 2. The van der Waals surface area contributed by atoms with Gasteiger partial charge in [0.2, 0.25) is 12.7 Å². The number of hydrogen-bond acceptors (Lipinski definition) is 4. The number of anilines is 1. The Morgan fingerprint density at radius 1 is 1.21 bits per heavy atom. The first kappa shape index (κ1) is 15.1. The fraction of sp³-hybridized carbons (Fsp3) is 0.529. The van der Waals surface area contributed by atoms with Gasteiger partial charge in [0.1, 0.15) is 0 Å². The summed E-state index contributed by atoms with van der Waals surface area (Å²) in [5.41, 5.74) is 0.692. The maximum atomic E-state index is 12.6. The van der Waals surface area contributed by atoms with E-state index >= 15 is 0 Å². The molecule has 0 aliphatic carbocycles. The van der Waals surface area contributed by atoms with E-state index in [1.54, 1.807) is 19.0 Å². The second-order valence-electron chi connectivity index (χ2n) is 7.04. The van der Waals surface area contributed by atoms with E-state index in [1.807, 2.05) is 28.0 Å². The summed E-state index contributed by atoms with van der Waals surface area (Å²) in [7, 11) is 3.51. The number of fused-ring (bicyclic) bond motifs is 1. The maximum Gasteiger partial charge on any atom is 0.319 e. The lowest BCUT2D eigenvalue weighted by molar-refractivity contribution is -0.117. The molecule has 0 N–H and O–H groups in total. The molecule has 7 heteroatoms. The van der Waals surface area contributed by atoms with Gasteiger partial charge in [-0.15, -0.1) is 0 Å². The highest BCUT2D eigenvalue weighted by atomic mass is 16.7. The second-order valence-corrected chi connectivity index (χ2v) is 7.04. The lowest BCUT2D eigenvalue weighted by atomic mass is 9.86. The van der Waals surface area contributed by atoms with E-state index in [9.17, 15) is 9.59 Å². The smallest absolute Gasteiger partial charge is 0.319 e. The normalized spacial score (nSPS) is 25.0. The first-order chi connectivity index (χ1) is 11.5. The van der Waals surface area contributed by atoms with Gasteiger partial charge >= 0.3 is 6.03 Å². The van der Waals surface area contributed by atoms with Gasteiger partial charge in [0.15, 0.2) is 11.5 Å². The third-order valence-electron chi connectivity index (χ3n) is 5.08. The molecular weight excluding hydrogens is 310 g/mol. The van der Waals surface area contributed by atoms with Crippen molar-refractivity contribution in [1.29, 1.82) is 0 Å². The molecule has 1 spiro atoms. The standard InChI is InChI=1S/C17H21N3O4/c1-18(2)16(22)19-6-5-17(9-19)8-15(21)20(10-17)12-3-4-13-14(7-12)24-11-23-13/h3-4,7H,5-6,8-11H2,1-2H3/t17-/m1/s1. The molecule has 1 atom stereocenters. The highest BCUT2D eigenvalue weighted by molar-refractivity contribution is 5.97. The first-order valence-electron chi connectivity index (χ1n) is 8.14. The molecule has 3 aliphatic heterocycles. The Morgan fingerprint density at radius 3 is 2.79 bits per heavy atom. The van der Waals surface area contributed by atoms with E-state index in [4.69, 9.17) is 9.47 Å². The number of hydrogen-bond donors (Lipinski definition) is 0. The van der Waals surface area contributed by atoms with Crippen LogP contribution in [0.4, 0.5) is 10.5 Å². The second kappa shape index (κ2) is 5.29. The molecule has 24 heavy (non-hydrogen) atoms. The number of benzene rings is 1. The van der Waals surface area contributed by atoms with Gasteiger partial charge in [0, 0.05) is 57.3 Å². The zero-order chi connectivity index (χ0) is 16.9. The summed E-state index contributed by atoms with van der Waals surface area (Å²) in [4.78, 5) is 30.0. The van der Waals surface area contributed by atoms with Gasteiger partial charge in [0.25, 0.3) is 0 Å². The number of nitrogens with zero attached hydrogens (tertiary/aromatic N) is 3. The molecule has 0 unspecified atom stereocenters. The molecule has 128 valence electrons. The van der Waals surface area contributed by atoms with Gasteiger partial charge in [-0.25, -0.2) is 4.79 Å². The third kappa shape index (κ3) is 2.35. The van der Waals surface area contributed by atoms with Crippen molar-refractivity contribution in [3.05, 3.63) is 18.2 Å². The third-order valence-corrected chi connectivity index (χ3v) is 5.08. The summed E-state index contributed by atoms with van der Waals surface area (Å²) < 4.78 is 10.7. The zero-order valence-corrected chi connectivity index (χ0v) is 13.9. The number of urea groups is 1. The summed E-state index contributed by atoms with van der Waals surface area (Å²) in [6.07, 6.45) is 1.35. The van der Waals surface area contributed by atoms with Crippen LogP contribution in [0.2, 0.25) is 0 Å². The van der Waals surface area contributed by atoms with Crippen LogP contribution < -0.4 is 14.4 Å². The van der Waals surface area contributed by atoms with Crippen LogP contribution in [0.5, 0.6) is 11.5 Å². The van der Waals surface area contributed by atoms with Crippen LogP contribution >= 0.6 is 0 Å². The van der Waals surface area contributed by atoms with Crippen molar-refractivity contribution in [1.82, 2.24) is 9.80 Å². The molecule has 7 nitrogen and oxygen atoms in total. The molecule has 2 saturated heterocycles. The Balaban J connectivity index is 1.52. The van der Waals surface area contributed by atoms with E-state index in [2.05, 4.69) is 0 Å². The summed E-state index contributed by atoms with van der Waals surface area (Å²) >= 11 is 0. The van der Waals surface area contributed by atoms with E-state index in [1.165, 1.54) is 0 Å². The molecule has 0 saturated carbocycles. The predicted octanol–water partition coefficient (Wildman–Crippen LogP) is 1.53. The minimum Gasteiger partial charge on any atom is -0.454 e. The van der Waals surface area contributed by atoms with Crippen molar-refractivity contribution in [3.63, 3.8) is 0 Å². The van der Waals surface area contributed by atoms with Crippen LogP contribution in [0.25, 0.3) is 0 Å². The zero-order valence-electron chi connectivity index (χ0n) is 13.9. The Labute approximate surface area is 140 Å². The summed E-state index contributed by atoms with van der Waals surface area (Å²) in [5.74, 6) is 1.49. The molecule has 0 bridgehead atoms. The van der Waals surface area contributed by atoms with Crippen LogP contribution in [0.3, 0.4) is 0 Å². The van der Waals surface area contributed by atoms with Gasteiger partial charge in [0.05, 0.1) is 0 Å². The first-order valence-corrected chi connectivity index (χ1v) is 8.14. The fourth-order valence-corrected chi connectivity index (χ4v) is 3.84. The Kier molecular flexibility index (Phi) is 3.33. The topological polar surface area (TPSA) is 62.3 Å². The summed E-state index contributed by atoms with van der Waals surface area (Å²) in [5, 5.41) is 0. The van der Waals surface area contributed by atoms with Crippen molar-refractivity contribution in [2.45, 2.75) is 12.8 Å². The maximum absolute atomic E-state index is 12.6. The van der Waals surface area contributed by atoms with Gasteiger partial charge in [-0.3, -0.25) is 4.79 Å². The average Bonchev–Trinajstić information content (AvgIpc) is 3.25. The quantitative estimate of drug-likeness (QED) is 0.783. The van der Waals surface area contributed by atoms with Crippen LogP contribution in [0, 0.1) is 5.41 Å². The van der Waals surface area contributed by atoms with Gasteiger partial charge < -0.3 is 24.2 Å². The molecule has 3 aliphatic rings. The molecule has 0 radical (unpaired) electrons. The van der Waals surface area contributed by atoms with Crippen LogP contribution in [0.15, 0.2) is 18.2 Å². The summed E-state index contributed by atoms with van der Waals surface area (Å²) in [6, 6.07) is 5.60. The Bertz CT molecular complexity index is 705. The molecule has 2 fully saturated rings. The van der Waals surface area contributed by atoms with Crippen LogP contribution in [-0.2, 0) is 4.79 Å². The van der Waals surface area contributed by atoms with Crippen molar-refractivity contribution in [2.24, 2.45) is 5.41 Å². The molecule has 3 heterocycles. The average molecular weight is 331 g/mol. The summed E-state index contributed by atoms with van der Waals surface area (Å²) in [6.45, 7) is 2.21. The van der Waals surface area contributed by atoms with E-state index in [0.29, 0.717) is 37.6 Å². The fourth-order valence-electron chi connectivity index (χ4n) is 3.84. The van der Waals surface area contributed by atoms with Gasteiger partial charge in [-0.2, -0.15) is 0 Å². The molecule has 4 rings (SSSR count). The molecule has 1 aromatic rings. The van der Waals surface area contributed by atoms with Crippen molar-refractivity contribution in [2.75, 3.05) is 45.4 Å². The van der Waals surface area contributed by atoms with Gasteiger partial charge in [-0.1, -0.05) is 0 Å². The van der Waals surface area contributed by atoms with Crippen LogP contribution in [0.1, 0.15) is 12.8 Å². The number of likely N-dealkylation sites (tertiary alicyclic amines) is 1. The Hall–Kier alpha value is -2.44. The molecule has 3 amide bonds. The number of amides is 3. The largest absolute Gasteiger partial charge is 0.454 e. The van der Waals surface area contributed by atoms with E-state index in [0.717, 1.165) is 12.1 Å². The lowest BCUT2D eigenvalue weighted by Crippen LogP contribution is -2.39. The minimum absolute atomic E-state index is 0.0147. The lowest BCUT2D eigenvalue weighted by Gasteiger charge is -2.25. The van der Waals surface area contributed by atoms with Crippen molar-refractivity contribution < 1.29 is 19.1 Å². The van der Waals surface area contributed by atoms with Gasteiger partial charge in [-0.05, 0) is 18.6 Å². The highest BCUT2D eigenvalue weighted by Crippen LogP contribution is 2.44. The molecule has 0 aromatic heterocycles. The van der Waals surface area contributed by atoms with Crippen molar-refractivity contribution in [3.8, 4) is 11.5 Å². The number of ether oxygens (including phenoxy) is 2. The SMILES string of the molecule is CN(C)C(=O)N1CC[C@@]2(CC(=O)N(c3ccc4c(c3)OCO4)C2)C1. The molecular formula is C17H21N3O4. The monoisotopic (exact) mass is 331 g/mol. The molecule has 1 aromatic carbocycles. The number of carbonyl (C=O) groups excluding carboxylic acids is 2. The highest BCUT2D eigenvalue weighted by Gasteiger charge is 2.49. The van der Waals surface area contributed by atoms with E-state index in [-0.39, 0.29) is 24.1 Å². The minimum atomic E-state index is -0.140. The van der Waals surface area contributed by atoms with Crippen LogP contribution in [-0.4, -0.2) is 62.3 Å². The predicted molar refractivity (Wildman–Crippen MR) is 87.2 cm³/mol. The Morgan fingerprint density at radius 2 is 2.00 bits per heavy atom. The van der Waals surface area contributed by atoms with Crippen molar-refractivity contribution >= 4 is 17.6 Å². The number of rotatable bonds is 1.